The average molecular weight is 401 g/mol. The molecule has 0 unspecified atom stereocenters. The Balaban J connectivity index is 1.51. The molecule has 1 fully saturated rings. The van der Waals surface area contributed by atoms with Gasteiger partial charge in [-0.2, -0.15) is 0 Å². The summed E-state index contributed by atoms with van der Waals surface area (Å²) in [6.45, 7) is 2.03. The molecular weight excluding hydrogens is 380 g/mol. The van der Waals surface area contributed by atoms with E-state index < -0.39 is 0 Å². The van der Waals surface area contributed by atoms with Crippen LogP contribution in [-0.2, 0) is 9.53 Å². The highest BCUT2D eigenvalue weighted by molar-refractivity contribution is 7.99. The zero-order valence-corrected chi connectivity index (χ0v) is 16.6. The van der Waals surface area contributed by atoms with Crippen LogP contribution in [0.4, 0.5) is 0 Å². The van der Waals surface area contributed by atoms with Gasteiger partial charge < -0.3 is 9.72 Å². The van der Waals surface area contributed by atoms with Crippen LogP contribution >= 0.6 is 23.1 Å². The number of H-pyrrole nitrogens is 1. The monoisotopic (exact) mass is 400 g/mol. The van der Waals surface area contributed by atoms with Crippen molar-refractivity contribution in [1.29, 1.82) is 0 Å². The first kappa shape index (κ1) is 18.3. The van der Waals surface area contributed by atoms with Gasteiger partial charge in [0.05, 0.1) is 11.1 Å². The summed E-state index contributed by atoms with van der Waals surface area (Å²) in [5.41, 5.74) is 2.89. The molecule has 5 nitrogen and oxygen atoms in total. The Kier molecular flexibility index (Phi) is 5.31. The number of nitrogens with zero attached hydrogens (tertiary/aromatic N) is 1. The standard InChI is InChI=1S/C20H20N2O3S2/c1-12-6-8-13(9-7-12)15-10-26-19-17(15)18(24)21-20(22-19)27-11-16(23)25-14-4-2-3-5-14/h6-10,14H,2-5,11H2,1H3,(H,21,22,24). The topological polar surface area (TPSA) is 72.0 Å². The van der Waals surface area contributed by atoms with E-state index in [-0.39, 0.29) is 23.4 Å². The summed E-state index contributed by atoms with van der Waals surface area (Å²) in [6.07, 6.45) is 4.21. The number of carbonyl (C=O) groups is 1. The molecule has 0 amide bonds. The average Bonchev–Trinajstić information content (AvgIpc) is 3.30. The van der Waals surface area contributed by atoms with Crippen LogP contribution in [0.2, 0.25) is 0 Å². The van der Waals surface area contributed by atoms with Crippen LogP contribution in [-0.4, -0.2) is 27.8 Å². The molecular formula is C20H20N2O3S2. The van der Waals surface area contributed by atoms with Crippen molar-refractivity contribution in [3.8, 4) is 11.1 Å². The summed E-state index contributed by atoms with van der Waals surface area (Å²) in [6, 6.07) is 8.08. The molecule has 4 rings (SSSR count). The van der Waals surface area contributed by atoms with Crippen LogP contribution in [0.1, 0.15) is 31.2 Å². The van der Waals surface area contributed by atoms with Gasteiger partial charge in [-0.1, -0.05) is 41.6 Å². The third-order valence-electron chi connectivity index (χ3n) is 4.71. The van der Waals surface area contributed by atoms with Crippen LogP contribution in [0.25, 0.3) is 21.3 Å². The lowest BCUT2D eigenvalue weighted by Crippen LogP contribution is -2.17. The molecule has 0 radical (unpaired) electrons. The summed E-state index contributed by atoms with van der Waals surface area (Å²) in [5.74, 6) is -0.0950. The predicted octanol–water partition coefficient (Wildman–Crippen LogP) is 4.54. The highest BCUT2D eigenvalue weighted by Gasteiger charge is 2.20. The fraction of sp³-hybridized carbons (Fsp3) is 0.350. The van der Waals surface area contributed by atoms with Crippen LogP contribution < -0.4 is 5.56 Å². The first-order valence-corrected chi connectivity index (χ1v) is 10.9. The lowest BCUT2D eigenvalue weighted by molar-refractivity contribution is -0.145. The highest BCUT2D eigenvalue weighted by atomic mass is 32.2. The maximum atomic E-state index is 12.6. The summed E-state index contributed by atoms with van der Waals surface area (Å²) in [5, 5.41) is 3.01. The molecule has 0 saturated heterocycles. The van der Waals surface area contributed by atoms with Crippen molar-refractivity contribution in [2.45, 2.75) is 43.9 Å². The van der Waals surface area contributed by atoms with E-state index in [9.17, 15) is 9.59 Å². The molecule has 1 saturated carbocycles. The molecule has 27 heavy (non-hydrogen) atoms. The Morgan fingerprint density at radius 2 is 2.04 bits per heavy atom. The molecule has 1 aliphatic rings. The molecule has 7 heteroatoms. The maximum absolute atomic E-state index is 12.6. The van der Waals surface area contributed by atoms with Crippen LogP contribution in [0.5, 0.6) is 0 Å². The van der Waals surface area contributed by atoms with Crippen molar-refractivity contribution < 1.29 is 9.53 Å². The first-order chi connectivity index (χ1) is 13.1. The molecule has 0 spiro atoms. The number of aromatic amines is 1. The van der Waals surface area contributed by atoms with Crippen molar-refractivity contribution in [3.05, 3.63) is 45.6 Å². The van der Waals surface area contributed by atoms with Gasteiger partial charge in [-0.05, 0) is 38.2 Å². The van der Waals surface area contributed by atoms with E-state index >= 15 is 0 Å². The van der Waals surface area contributed by atoms with Crippen molar-refractivity contribution in [2.24, 2.45) is 0 Å². The highest BCUT2D eigenvalue weighted by Crippen LogP contribution is 2.31. The fourth-order valence-corrected chi connectivity index (χ4v) is 4.95. The second-order valence-electron chi connectivity index (χ2n) is 6.75. The number of ether oxygens (including phenoxy) is 1. The molecule has 0 atom stereocenters. The summed E-state index contributed by atoms with van der Waals surface area (Å²) in [7, 11) is 0. The normalized spacial score (nSPS) is 14.7. The lowest BCUT2D eigenvalue weighted by Gasteiger charge is -2.10. The van der Waals surface area contributed by atoms with Gasteiger partial charge in [0.15, 0.2) is 5.16 Å². The molecule has 1 N–H and O–H groups in total. The number of nitrogens with one attached hydrogen (secondary N) is 1. The zero-order chi connectivity index (χ0) is 18.8. The van der Waals surface area contributed by atoms with Gasteiger partial charge in [0.2, 0.25) is 0 Å². The minimum Gasteiger partial charge on any atom is -0.462 e. The summed E-state index contributed by atoms with van der Waals surface area (Å²) >= 11 is 2.65. The lowest BCUT2D eigenvalue weighted by atomic mass is 10.1. The number of aromatic nitrogens is 2. The Labute approximate surface area is 165 Å². The minimum atomic E-state index is -0.249. The molecule has 1 aliphatic carbocycles. The number of aryl methyl sites for hydroxylation is 1. The van der Waals surface area contributed by atoms with Crippen LogP contribution in [0.15, 0.2) is 39.6 Å². The quantitative estimate of drug-likeness (QED) is 0.387. The van der Waals surface area contributed by atoms with E-state index in [1.54, 1.807) is 0 Å². The predicted molar refractivity (Wildman–Crippen MR) is 109 cm³/mol. The van der Waals surface area contributed by atoms with Crippen molar-refractivity contribution in [3.63, 3.8) is 0 Å². The molecule has 0 bridgehead atoms. The number of benzene rings is 1. The Morgan fingerprint density at radius 1 is 1.30 bits per heavy atom. The van der Waals surface area contributed by atoms with Crippen molar-refractivity contribution in [1.82, 2.24) is 9.97 Å². The van der Waals surface area contributed by atoms with Gasteiger partial charge in [0.1, 0.15) is 10.9 Å². The minimum absolute atomic E-state index is 0.0574. The number of esters is 1. The van der Waals surface area contributed by atoms with E-state index in [4.69, 9.17) is 4.74 Å². The molecule has 3 aromatic rings. The van der Waals surface area contributed by atoms with Gasteiger partial charge >= 0.3 is 5.97 Å². The second-order valence-corrected chi connectivity index (χ2v) is 8.57. The SMILES string of the molecule is Cc1ccc(-c2csc3nc(SCC(=O)OC4CCCC4)[nH]c(=O)c23)cc1. The number of rotatable bonds is 5. The Morgan fingerprint density at radius 3 is 2.78 bits per heavy atom. The Hall–Kier alpha value is -2.12. The number of carbonyl (C=O) groups excluding carboxylic acids is 1. The maximum Gasteiger partial charge on any atom is 0.316 e. The van der Waals surface area contributed by atoms with E-state index in [2.05, 4.69) is 9.97 Å². The zero-order valence-electron chi connectivity index (χ0n) is 15.0. The summed E-state index contributed by atoms with van der Waals surface area (Å²) < 4.78 is 5.45. The van der Waals surface area contributed by atoms with E-state index in [1.807, 2.05) is 36.6 Å². The van der Waals surface area contributed by atoms with Gasteiger partial charge in [-0.25, -0.2) is 4.98 Å². The number of hydrogen-bond acceptors (Lipinski definition) is 6. The Bertz CT molecular complexity index is 1020. The number of fused-ring (bicyclic) bond motifs is 1. The van der Waals surface area contributed by atoms with Gasteiger partial charge in [-0.3, -0.25) is 9.59 Å². The van der Waals surface area contributed by atoms with Gasteiger partial charge in [0, 0.05) is 10.9 Å². The largest absolute Gasteiger partial charge is 0.462 e. The first-order valence-electron chi connectivity index (χ1n) is 9.01. The van der Waals surface area contributed by atoms with Gasteiger partial charge in [0.25, 0.3) is 5.56 Å². The molecule has 0 aliphatic heterocycles. The number of thiophene rings is 1. The van der Waals surface area contributed by atoms with Crippen LogP contribution in [0, 0.1) is 6.92 Å². The van der Waals surface area contributed by atoms with E-state index in [0.717, 1.165) is 36.8 Å². The molecule has 2 heterocycles. The number of hydrogen-bond donors (Lipinski definition) is 1. The molecule has 1 aromatic carbocycles. The number of thioether (sulfide) groups is 1. The summed E-state index contributed by atoms with van der Waals surface area (Å²) in [4.78, 5) is 32.6. The smallest absolute Gasteiger partial charge is 0.316 e. The van der Waals surface area contributed by atoms with E-state index in [1.165, 1.54) is 28.7 Å². The van der Waals surface area contributed by atoms with Crippen LogP contribution in [0.3, 0.4) is 0 Å². The third kappa shape index (κ3) is 4.09. The van der Waals surface area contributed by atoms with Crippen molar-refractivity contribution in [2.75, 3.05) is 5.75 Å². The van der Waals surface area contributed by atoms with Gasteiger partial charge in [-0.15, -0.1) is 11.3 Å². The van der Waals surface area contributed by atoms with E-state index in [0.29, 0.717) is 15.4 Å². The third-order valence-corrected chi connectivity index (χ3v) is 6.43. The molecule has 2 aromatic heterocycles. The second kappa shape index (κ2) is 7.86. The molecule has 140 valence electrons. The van der Waals surface area contributed by atoms with Crippen molar-refractivity contribution >= 4 is 39.3 Å². The fourth-order valence-electron chi connectivity index (χ4n) is 3.30.